The number of nitrogens with one attached hydrogen (secondary N) is 1. The van der Waals surface area contributed by atoms with Crippen LogP contribution in [0.1, 0.15) is 60.1 Å². The average Bonchev–Trinajstić information content (AvgIpc) is 3.45. The van der Waals surface area contributed by atoms with Gasteiger partial charge in [0, 0.05) is 48.1 Å². The summed E-state index contributed by atoms with van der Waals surface area (Å²) in [6.45, 7) is 1.93. The van der Waals surface area contributed by atoms with Crippen LogP contribution in [0, 0.1) is 17.1 Å². The topological polar surface area (TPSA) is 104 Å². The molecule has 4 aromatic rings. The molecule has 9 heteroatoms. The zero-order valence-corrected chi connectivity index (χ0v) is 25.1. The lowest BCUT2D eigenvalue weighted by atomic mass is 9.96. The zero-order valence-electron chi connectivity index (χ0n) is 24.4. The molecule has 0 aliphatic heterocycles. The number of carbonyl (C=O) groups is 1. The number of carbonyl (C=O) groups excluding carboxylic acids is 1. The third kappa shape index (κ3) is 7.08. The normalized spacial score (nSPS) is 14.5. The second-order valence-corrected chi connectivity index (χ2v) is 11.1. The van der Waals surface area contributed by atoms with Crippen LogP contribution in [0.5, 0.6) is 11.5 Å². The maximum Gasteiger partial charge on any atom is 0.152 e. The molecular weight excluding hydrogens is 581 g/mol. The highest BCUT2D eigenvalue weighted by molar-refractivity contribution is 6.32. The molecule has 0 saturated heterocycles. The Morgan fingerprint density at radius 3 is 2.75 bits per heavy atom. The van der Waals surface area contributed by atoms with E-state index in [4.69, 9.17) is 21.1 Å². The molecule has 3 aromatic carbocycles. The van der Waals surface area contributed by atoms with Crippen LogP contribution in [0.4, 0.5) is 4.39 Å². The Bertz CT molecular complexity index is 1690. The molecule has 0 spiro atoms. The smallest absolute Gasteiger partial charge is 0.152 e. The molecule has 0 radical (unpaired) electrons. The third-order valence-electron chi connectivity index (χ3n) is 7.69. The highest BCUT2D eigenvalue weighted by atomic mass is 35.5. The second kappa shape index (κ2) is 14.5. The van der Waals surface area contributed by atoms with E-state index in [2.05, 4.69) is 16.4 Å². The highest BCUT2D eigenvalue weighted by Crippen LogP contribution is 2.43. The lowest BCUT2D eigenvalue weighted by molar-refractivity contribution is -0.122. The van der Waals surface area contributed by atoms with Crippen molar-refractivity contribution in [2.75, 3.05) is 6.61 Å². The molecule has 0 saturated carbocycles. The van der Waals surface area contributed by atoms with Crippen molar-refractivity contribution < 1.29 is 23.8 Å². The number of pyridine rings is 1. The maximum absolute atomic E-state index is 14.7. The van der Waals surface area contributed by atoms with Crippen LogP contribution in [-0.4, -0.2) is 28.5 Å². The quantitative estimate of drug-likeness (QED) is 0.169. The number of aliphatic hydroxyl groups excluding tert-OH is 1. The molecule has 7 nitrogen and oxygen atoms in total. The number of fused-ring (bicyclic) bond motifs is 1. The van der Waals surface area contributed by atoms with E-state index in [1.165, 1.54) is 12.3 Å². The van der Waals surface area contributed by atoms with Crippen LogP contribution in [-0.2, 0) is 24.4 Å². The van der Waals surface area contributed by atoms with Gasteiger partial charge in [0.25, 0.3) is 0 Å². The van der Waals surface area contributed by atoms with Crippen LogP contribution >= 0.6 is 11.6 Å². The van der Waals surface area contributed by atoms with Gasteiger partial charge in [-0.25, -0.2) is 4.39 Å². The number of halogens is 2. The molecule has 5 rings (SSSR count). The van der Waals surface area contributed by atoms with E-state index in [0.29, 0.717) is 58.0 Å². The Hall–Kier alpha value is -4.29. The second-order valence-electron chi connectivity index (χ2n) is 10.7. The number of nitriles is 1. The van der Waals surface area contributed by atoms with Crippen molar-refractivity contribution in [3.05, 3.63) is 112 Å². The summed E-state index contributed by atoms with van der Waals surface area (Å²) in [7, 11) is 0. The fraction of sp³-hybridized carbons (Fsp3) is 0.286. The van der Waals surface area contributed by atoms with Gasteiger partial charge in [-0.1, -0.05) is 54.9 Å². The molecule has 1 aliphatic rings. The SMILES string of the molecule is CCCC(=O)[C@H](CO)NCc1cc(Cl)c(O[C@H]2CCc3c(-c4ccccc4F)cccc32)cc1OCc1cncc(C#N)c1. The number of rotatable bonds is 13. The van der Waals surface area contributed by atoms with Gasteiger partial charge in [-0.2, -0.15) is 5.26 Å². The van der Waals surface area contributed by atoms with Crippen molar-refractivity contribution in [3.8, 4) is 28.7 Å². The fourth-order valence-corrected chi connectivity index (χ4v) is 5.72. The van der Waals surface area contributed by atoms with E-state index < -0.39 is 6.04 Å². The van der Waals surface area contributed by atoms with E-state index in [1.807, 2.05) is 31.2 Å². The van der Waals surface area contributed by atoms with Crippen LogP contribution < -0.4 is 14.8 Å². The molecule has 0 fully saturated rings. The summed E-state index contributed by atoms with van der Waals surface area (Å²) >= 11 is 6.75. The van der Waals surface area contributed by atoms with Gasteiger partial charge in [0.2, 0.25) is 0 Å². The average molecular weight is 614 g/mol. The van der Waals surface area contributed by atoms with Crippen molar-refractivity contribution in [3.63, 3.8) is 0 Å². The molecule has 44 heavy (non-hydrogen) atoms. The van der Waals surface area contributed by atoms with Crippen molar-refractivity contribution >= 4 is 17.4 Å². The molecule has 1 heterocycles. The fourth-order valence-electron chi connectivity index (χ4n) is 5.49. The molecule has 1 aliphatic carbocycles. The van der Waals surface area contributed by atoms with Gasteiger partial charge in [-0.3, -0.25) is 9.78 Å². The molecule has 2 atom stereocenters. The molecule has 0 unspecified atom stereocenters. The largest absolute Gasteiger partial charge is 0.488 e. The number of hydrogen-bond donors (Lipinski definition) is 2. The summed E-state index contributed by atoms with van der Waals surface area (Å²) in [6.07, 6.45) is 5.27. The van der Waals surface area contributed by atoms with Crippen molar-refractivity contribution in [1.29, 1.82) is 5.26 Å². The lowest BCUT2D eigenvalue weighted by Crippen LogP contribution is -2.39. The van der Waals surface area contributed by atoms with Crippen LogP contribution in [0.15, 0.2) is 73.1 Å². The molecular formula is C35H33ClFN3O4. The maximum atomic E-state index is 14.7. The van der Waals surface area contributed by atoms with E-state index in [1.54, 1.807) is 36.5 Å². The summed E-state index contributed by atoms with van der Waals surface area (Å²) in [5, 5.41) is 22.5. The molecule has 0 bridgehead atoms. The Balaban J connectivity index is 1.42. The monoisotopic (exact) mass is 613 g/mol. The molecule has 0 amide bonds. The van der Waals surface area contributed by atoms with Gasteiger partial charge in [0.15, 0.2) is 5.78 Å². The number of Topliss-reactive ketones (excluding diaryl/α,β-unsaturated/α-hetero) is 1. The minimum absolute atomic E-state index is 0.0717. The third-order valence-corrected chi connectivity index (χ3v) is 7.98. The minimum atomic E-state index is -0.715. The van der Waals surface area contributed by atoms with Crippen molar-refractivity contribution in [1.82, 2.24) is 10.3 Å². The van der Waals surface area contributed by atoms with Crippen LogP contribution in [0.2, 0.25) is 5.02 Å². The predicted molar refractivity (Wildman–Crippen MR) is 166 cm³/mol. The summed E-state index contributed by atoms with van der Waals surface area (Å²) in [6, 6.07) is 19.1. The zero-order chi connectivity index (χ0) is 31.1. The summed E-state index contributed by atoms with van der Waals surface area (Å²) in [4.78, 5) is 16.5. The number of nitrogens with zero attached hydrogens (tertiary/aromatic N) is 2. The van der Waals surface area contributed by atoms with Gasteiger partial charge in [-0.15, -0.1) is 0 Å². The van der Waals surface area contributed by atoms with E-state index in [0.717, 1.165) is 23.1 Å². The number of benzene rings is 3. The Morgan fingerprint density at radius 1 is 1.16 bits per heavy atom. The Morgan fingerprint density at radius 2 is 1.98 bits per heavy atom. The number of aromatic nitrogens is 1. The van der Waals surface area contributed by atoms with Gasteiger partial charge >= 0.3 is 0 Å². The summed E-state index contributed by atoms with van der Waals surface area (Å²) in [5.74, 6) is 0.550. The summed E-state index contributed by atoms with van der Waals surface area (Å²) < 4.78 is 27.3. The lowest BCUT2D eigenvalue weighted by Gasteiger charge is -2.21. The number of ketones is 1. The number of ether oxygens (including phenoxy) is 2. The summed E-state index contributed by atoms with van der Waals surface area (Å²) in [5.41, 5.74) is 5.24. The first-order valence-corrected chi connectivity index (χ1v) is 15.0. The van der Waals surface area contributed by atoms with Crippen molar-refractivity contribution in [2.45, 2.75) is 57.9 Å². The standard InChI is InChI=1S/C35H33ClFN3O4/c1-2-6-32(42)31(20-41)40-19-24-14-29(36)35(15-34(24)43-21-23-13-22(16-38)17-39-18-23)44-33-12-11-26-25(8-5-9-28(26)33)27-7-3-4-10-30(27)37/h3-5,7-10,13-15,17-18,31,33,40-41H,2,6,11-12,19-21H2,1H3/t31-,33-/m0/s1. The first-order valence-electron chi connectivity index (χ1n) is 14.6. The van der Waals surface area contributed by atoms with Gasteiger partial charge in [0.1, 0.15) is 36.1 Å². The highest BCUT2D eigenvalue weighted by Gasteiger charge is 2.28. The van der Waals surface area contributed by atoms with E-state index >= 15 is 0 Å². The molecule has 226 valence electrons. The minimum Gasteiger partial charge on any atom is -0.488 e. The van der Waals surface area contributed by atoms with Gasteiger partial charge in [0.05, 0.1) is 23.2 Å². The molecule has 1 aromatic heterocycles. The Kier molecular flexibility index (Phi) is 10.2. The van der Waals surface area contributed by atoms with E-state index in [9.17, 15) is 19.6 Å². The predicted octanol–water partition coefficient (Wildman–Crippen LogP) is 6.88. The Labute approximate surface area is 261 Å². The first-order chi connectivity index (χ1) is 21.4. The first kappa shape index (κ1) is 31.1. The van der Waals surface area contributed by atoms with E-state index in [-0.39, 0.29) is 37.5 Å². The van der Waals surface area contributed by atoms with Crippen molar-refractivity contribution in [2.24, 2.45) is 0 Å². The van der Waals surface area contributed by atoms with Crippen LogP contribution in [0.3, 0.4) is 0 Å². The van der Waals surface area contributed by atoms with Gasteiger partial charge < -0.3 is 19.9 Å². The molecule has 2 N–H and O–H groups in total. The van der Waals surface area contributed by atoms with Gasteiger partial charge in [-0.05, 0) is 54.2 Å². The number of hydrogen-bond acceptors (Lipinski definition) is 7. The van der Waals surface area contributed by atoms with Crippen LogP contribution in [0.25, 0.3) is 11.1 Å². The number of aliphatic hydroxyl groups is 1.